The number of rotatable bonds is 2. The van der Waals surface area contributed by atoms with Crippen LogP contribution in [0.3, 0.4) is 0 Å². The summed E-state index contributed by atoms with van der Waals surface area (Å²) >= 11 is 0. The third kappa shape index (κ3) is 2.08. The number of cyclic esters (lactones) is 1. The highest BCUT2D eigenvalue weighted by atomic mass is 16.5. The van der Waals surface area contributed by atoms with Crippen LogP contribution < -0.4 is 0 Å². The van der Waals surface area contributed by atoms with Gasteiger partial charge in [-0.25, -0.2) is 9.59 Å². The molecule has 4 heteroatoms. The topological polar surface area (TPSA) is 52.6 Å². The lowest BCUT2D eigenvalue weighted by molar-refractivity contribution is -0.143. The molecule has 0 unspecified atom stereocenters. The van der Waals surface area contributed by atoms with Gasteiger partial charge in [-0.15, -0.1) is 0 Å². The Labute approximate surface area is 70.1 Å². The Bertz CT molecular complexity index is 229. The molecule has 1 aliphatic rings. The van der Waals surface area contributed by atoms with Gasteiger partial charge in [0.1, 0.15) is 0 Å². The Balaban J connectivity index is 2.61. The summed E-state index contributed by atoms with van der Waals surface area (Å²) in [6.07, 6.45) is 1.63. The Morgan fingerprint density at radius 3 is 3.08 bits per heavy atom. The predicted molar refractivity (Wildman–Crippen MR) is 40.3 cm³/mol. The minimum atomic E-state index is -0.468. The molecule has 0 aromatic carbocycles. The molecule has 12 heavy (non-hydrogen) atoms. The summed E-state index contributed by atoms with van der Waals surface area (Å²) in [5, 5.41) is 0. The van der Waals surface area contributed by atoms with E-state index in [0.717, 1.165) is 0 Å². The molecular weight excluding hydrogens is 160 g/mol. The lowest BCUT2D eigenvalue weighted by Crippen LogP contribution is -2.17. The van der Waals surface area contributed by atoms with Crippen molar-refractivity contribution in [2.75, 3.05) is 13.2 Å². The van der Waals surface area contributed by atoms with Crippen LogP contribution in [0.4, 0.5) is 0 Å². The molecule has 4 nitrogen and oxygen atoms in total. The molecule has 0 saturated heterocycles. The third-order valence-corrected chi connectivity index (χ3v) is 1.45. The van der Waals surface area contributed by atoms with Crippen LogP contribution in [0.5, 0.6) is 0 Å². The average Bonchev–Trinajstić information content (AvgIpc) is 2.05. The minimum absolute atomic E-state index is 0.267. The van der Waals surface area contributed by atoms with Crippen LogP contribution in [-0.2, 0) is 19.1 Å². The zero-order chi connectivity index (χ0) is 8.97. The van der Waals surface area contributed by atoms with E-state index in [4.69, 9.17) is 4.74 Å². The SMILES string of the molecule is CCOC(=O)C1=CC(=O)OCC1. The van der Waals surface area contributed by atoms with E-state index in [-0.39, 0.29) is 6.61 Å². The van der Waals surface area contributed by atoms with E-state index >= 15 is 0 Å². The van der Waals surface area contributed by atoms with E-state index < -0.39 is 11.9 Å². The van der Waals surface area contributed by atoms with E-state index in [1.165, 1.54) is 6.08 Å². The first-order valence-corrected chi connectivity index (χ1v) is 3.78. The summed E-state index contributed by atoms with van der Waals surface area (Å²) in [6, 6.07) is 0. The fourth-order valence-corrected chi connectivity index (χ4v) is 0.902. The lowest BCUT2D eigenvalue weighted by Gasteiger charge is -2.11. The zero-order valence-electron chi connectivity index (χ0n) is 6.83. The second kappa shape index (κ2) is 3.90. The minimum Gasteiger partial charge on any atom is -0.463 e. The van der Waals surface area contributed by atoms with E-state index in [2.05, 4.69) is 4.74 Å². The van der Waals surface area contributed by atoms with Gasteiger partial charge in [-0.2, -0.15) is 0 Å². The highest BCUT2D eigenvalue weighted by Crippen LogP contribution is 2.09. The standard InChI is InChI=1S/C8H10O4/c1-2-11-8(10)6-3-4-12-7(9)5-6/h5H,2-4H2,1H3. The number of hydrogen-bond donors (Lipinski definition) is 0. The van der Waals surface area contributed by atoms with Crippen molar-refractivity contribution in [2.24, 2.45) is 0 Å². The van der Waals surface area contributed by atoms with Crippen LogP contribution in [0.2, 0.25) is 0 Å². The summed E-state index contributed by atoms with van der Waals surface area (Å²) in [5.41, 5.74) is 0.396. The van der Waals surface area contributed by atoms with Crippen LogP contribution in [-0.4, -0.2) is 25.2 Å². The smallest absolute Gasteiger partial charge is 0.334 e. The molecule has 0 amide bonds. The lowest BCUT2D eigenvalue weighted by atomic mass is 10.1. The van der Waals surface area contributed by atoms with Gasteiger partial charge in [-0.1, -0.05) is 0 Å². The van der Waals surface area contributed by atoms with Crippen LogP contribution in [0.1, 0.15) is 13.3 Å². The molecule has 0 spiro atoms. The second-order valence-corrected chi connectivity index (χ2v) is 2.31. The van der Waals surface area contributed by atoms with E-state index in [1.807, 2.05) is 0 Å². The van der Waals surface area contributed by atoms with Crippen LogP contribution >= 0.6 is 0 Å². The van der Waals surface area contributed by atoms with Crippen molar-refractivity contribution in [3.8, 4) is 0 Å². The summed E-state index contributed by atoms with van der Waals surface area (Å²) in [5.74, 6) is -0.890. The fraction of sp³-hybridized carbons (Fsp3) is 0.500. The highest BCUT2D eigenvalue weighted by molar-refractivity contribution is 5.97. The molecule has 0 radical (unpaired) electrons. The van der Waals surface area contributed by atoms with E-state index in [0.29, 0.717) is 18.6 Å². The molecule has 0 atom stereocenters. The van der Waals surface area contributed by atoms with Gasteiger partial charge in [0.25, 0.3) is 0 Å². The Morgan fingerprint density at radius 1 is 1.75 bits per heavy atom. The number of hydrogen-bond acceptors (Lipinski definition) is 4. The number of carbonyl (C=O) groups is 2. The normalized spacial score (nSPS) is 16.4. The number of esters is 2. The van der Waals surface area contributed by atoms with Gasteiger partial charge in [0.05, 0.1) is 13.2 Å². The first-order chi connectivity index (χ1) is 5.74. The van der Waals surface area contributed by atoms with Gasteiger partial charge >= 0.3 is 11.9 Å². The molecule has 0 saturated carbocycles. The fourth-order valence-electron chi connectivity index (χ4n) is 0.902. The van der Waals surface area contributed by atoms with Crippen molar-refractivity contribution < 1.29 is 19.1 Å². The summed E-state index contributed by atoms with van der Waals surface area (Å²) in [7, 11) is 0. The van der Waals surface area contributed by atoms with Crippen LogP contribution in [0.25, 0.3) is 0 Å². The molecular formula is C8H10O4. The Morgan fingerprint density at radius 2 is 2.50 bits per heavy atom. The molecule has 0 aromatic heterocycles. The van der Waals surface area contributed by atoms with Gasteiger partial charge in [0.15, 0.2) is 0 Å². The summed E-state index contributed by atoms with van der Waals surface area (Å²) in [6.45, 7) is 2.31. The molecule has 0 N–H and O–H groups in total. The van der Waals surface area contributed by atoms with E-state index in [1.54, 1.807) is 6.92 Å². The van der Waals surface area contributed by atoms with Crippen molar-refractivity contribution in [3.63, 3.8) is 0 Å². The van der Waals surface area contributed by atoms with E-state index in [9.17, 15) is 9.59 Å². The van der Waals surface area contributed by atoms with Gasteiger partial charge in [0, 0.05) is 18.1 Å². The molecule has 1 heterocycles. The van der Waals surface area contributed by atoms with Crippen molar-refractivity contribution in [2.45, 2.75) is 13.3 Å². The maximum Gasteiger partial charge on any atom is 0.334 e. The Hall–Kier alpha value is -1.32. The van der Waals surface area contributed by atoms with Gasteiger partial charge in [0.2, 0.25) is 0 Å². The van der Waals surface area contributed by atoms with Crippen LogP contribution in [0, 0.1) is 0 Å². The summed E-state index contributed by atoms with van der Waals surface area (Å²) in [4.78, 5) is 21.7. The van der Waals surface area contributed by atoms with Crippen LogP contribution in [0.15, 0.2) is 11.6 Å². The average molecular weight is 170 g/mol. The number of carbonyl (C=O) groups excluding carboxylic acids is 2. The predicted octanol–water partition coefficient (Wildman–Crippen LogP) is 0.423. The molecule has 1 aliphatic heterocycles. The summed E-state index contributed by atoms with van der Waals surface area (Å²) < 4.78 is 9.33. The van der Waals surface area contributed by atoms with Gasteiger partial charge in [-0.05, 0) is 6.92 Å². The molecule has 1 rings (SSSR count). The molecule has 0 fully saturated rings. The van der Waals surface area contributed by atoms with Crippen molar-refractivity contribution in [1.29, 1.82) is 0 Å². The largest absolute Gasteiger partial charge is 0.463 e. The highest BCUT2D eigenvalue weighted by Gasteiger charge is 2.17. The zero-order valence-corrected chi connectivity index (χ0v) is 6.83. The maximum atomic E-state index is 11.0. The van der Waals surface area contributed by atoms with Crippen molar-refractivity contribution in [3.05, 3.63) is 11.6 Å². The van der Waals surface area contributed by atoms with Gasteiger partial charge in [-0.3, -0.25) is 0 Å². The number of ether oxygens (including phenoxy) is 2. The first kappa shape index (κ1) is 8.77. The molecule has 66 valence electrons. The van der Waals surface area contributed by atoms with Gasteiger partial charge < -0.3 is 9.47 Å². The maximum absolute atomic E-state index is 11.0. The van der Waals surface area contributed by atoms with Crippen molar-refractivity contribution in [1.82, 2.24) is 0 Å². The first-order valence-electron chi connectivity index (χ1n) is 3.78. The second-order valence-electron chi connectivity index (χ2n) is 2.31. The molecule has 0 aliphatic carbocycles. The quantitative estimate of drug-likeness (QED) is 0.564. The monoisotopic (exact) mass is 170 g/mol. The third-order valence-electron chi connectivity index (χ3n) is 1.45. The Kier molecular flexibility index (Phi) is 2.85. The van der Waals surface area contributed by atoms with Crippen molar-refractivity contribution >= 4 is 11.9 Å². The molecule has 0 aromatic rings. The molecule has 0 bridgehead atoms.